The van der Waals surface area contributed by atoms with Crippen molar-refractivity contribution in [1.29, 1.82) is 0 Å². The summed E-state index contributed by atoms with van der Waals surface area (Å²) in [4.78, 5) is 26.2. The molecule has 1 saturated heterocycles. The van der Waals surface area contributed by atoms with Gasteiger partial charge in [0, 0.05) is 19.0 Å². The third-order valence-electron chi connectivity index (χ3n) is 5.61. The summed E-state index contributed by atoms with van der Waals surface area (Å²) in [5.41, 5.74) is 4.52. The topological polar surface area (TPSA) is 80.3 Å². The first kappa shape index (κ1) is 17.9. The lowest BCUT2D eigenvalue weighted by Crippen LogP contribution is -2.43. The average Bonchev–Trinajstić information content (AvgIpc) is 3.46. The van der Waals surface area contributed by atoms with Gasteiger partial charge in [0.1, 0.15) is 12.0 Å². The monoisotopic (exact) mass is 392 g/mol. The highest BCUT2D eigenvalue weighted by molar-refractivity contribution is 5.95. The van der Waals surface area contributed by atoms with Crippen LogP contribution in [0.5, 0.6) is 0 Å². The summed E-state index contributed by atoms with van der Waals surface area (Å²) in [5.74, 6) is 1.19. The molecule has 3 aromatic rings. The van der Waals surface area contributed by atoms with Gasteiger partial charge in [-0.15, -0.1) is 0 Å². The standard InChI is InChI=1S/C21H24N6O2/c1-13(2)20-23-19(24-29-20)18-17-11-26(21(28)25-8-4-5-9-25)16-10-14(3)6-7-15(16)27(17)12-22-18/h6-7,10,12-13H,4-5,8-9,11H2,1-3H3. The van der Waals surface area contributed by atoms with Gasteiger partial charge in [-0.1, -0.05) is 25.1 Å². The minimum Gasteiger partial charge on any atom is -0.339 e. The average molecular weight is 392 g/mol. The van der Waals surface area contributed by atoms with E-state index in [4.69, 9.17) is 4.52 Å². The predicted molar refractivity (Wildman–Crippen MR) is 108 cm³/mol. The summed E-state index contributed by atoms with van der Waals surface area (Å²) in [6, 6.07) is 6.21. The van der Waals surface area contributed by atoms with Crippen LogP contribution < -0.4 is 4.90 Å². The molecule has 0 atom stereocenters. The first-order valence-electron chi connectivity index (χ1n) is 10.1. The van der Waals surface area contributed by atoms with Crippen molar-refractivity contribution >= 4 is 11.7 Å². The number of nitrogens with zero attached hydrogens (tertiary/aromatic N) is 6. The van der Waals surface area contributed by atoms with E-state index < -0.39 is 0 Å². The van der Waals surface area contributed by atoms with Gasteiger partial charge in [0.2, 0.25) is 11.7 Å². The fourth-order valence-electron chi connectivity index (χ4n) is 4.02. The molecule has 8 nitrogen and oxygen atoms in total. The van der Waals surface area contributed by atoms with Gasteiger partial charge in [0.25, 0.3) is 0 Å². The predicted octanol–water partition coefficient (Wildman–Crippen LogP) is 3.89. The number of fused-ring (bicyclic) bond motifs is 3. The largest absolute Gasteiger partial charge is 0.339 e. The number of amides is 2. The van der Waals surface area contributed by atoms with Gasteiger partial charge in [0.15, 0.2) is 0 Å². The van der Waals surface area contributed by atoms with E-state index in [1.54, 1.807) is 6.33 Å². The number of carbonyl (C=O) groups is 1. The van der Waals surface area contributed by atoms with Gasteiger partial charge in [-0.2, -0.15) is 4.98 Å². The number of imidazole rings is 1. The minimum atomic E-state index is 0.0451. The maximum atomic E-state index is 13.3. The Kier molecular flexibility index (Phi) is 4.15. The van der Waals surface area contributed by atoms with E-state index in [0.29, 0.717) is 24.0 Å². The molecular formula is C21H24N6O2. The second-order valence-corrected chi connectivity index (χ2v) is 8.08. The summed E-state index contributed by atoms with van der Waals surface area (Å²) in [6.07, 6.45) is 3.90. The lowest BCUT2D eigenvalue weighted by atomic mass is 10.1. The summed E-state index contributed by atoms with van der Waals surface area (Å²) in [6.45, 7) is 8.10. The Bertz CT molecular complexity index is 1080. The van der Waals surface area contributed by atoms with Crippen LogP contribution in [0.3, 0.4) is 0 Å². The molecule has 1 aromatic carbocycles. The van der Waals surface area contributed by atoms with Crippen LogP contribution in [0.1, 0.15) is 49.8 Å². The van der Waals surface area contributed by atoms with Crippen molar-refractivity contribution in [2.24, 2.45) is 0 Å². The van der Waals surface area contributed by atoms with Gasteiger partial charge >= 0.3 is 6.03 Å². The Hall–Kier alpha value is -3.16. The molecule has 29 heavy (non-hydrogen) atoms. The Morgan fingerprint density at radius 1 is 1.17 bits per heavy atom. The van der Waals surface area contributed by atoms with E-state index in [1.165, 1.54) is 0 Å². The first-order chi connectivity index (χ1) is 14.0. The maximum absolute atomic E-state index is 13.3. The molecule has 1 fully saturated rings. The number of urea groups is 1. The molecule has 0 radical (unpaired) electrons. The highest BCUT2D eigenvalue weighted by Crippen LogP contribution is 2.37. The number of benzene rings is 1. The second-order valence-electron chi connectivity index (χ2n) is 8.08. The van der Waals surface area contributed by atoms with Crippen LogP contribution in [-0.4, -0.2) is 43.7 Å². The number of aryl methyl sites for hydroxylation is 1. The Morgan fingerprint density at radius 3 is 2.69 bits per heavy atom. The number of anilines is 1. The van der Waals surface area contributed by atoms with Crippen molar-refractivity contribution in [3.05, 3.63) is 41.7 Å². The van der Waals surface area contributed by atoms with Crippen LogP contribution in [0.25, 0.3) is 17.2 Å². The molecule has 2 amide bonds. The fourth-order valence-corrected chi connectivity index (χ4v) is 4.02. The van der Waals surface area contributed by atoms with Gasteiger partial charge < -0.3 is 9.42 Å². The molecule has 4 heterocycles. The molecule has 0 N–H and O–H groups in total. The van der Waals surface area contributed by atoms with E-state index >= 15 is 0 Å². The molecule has 5 rings (SSSR count). The highest BCUT2D eigenvalue weighted by Gasteiger charge is 2.33. The molecule has 0 spiro atoms. The van der Waals surface area contributed by atoms with Crippen molar-refractivity contribution in [3.63, 3.8) is 0 Å². The molecule has 2 aliphatic heterocycles. The summed E-state index contributed by atoms with van der Waals surface area (Å²) in [7, 11) is 0. The summed E-state index contributed by atoms with van der Waals surface area (Å²) < 4.78 is 7.41. The first-order valence-corrected chi connectivity index (χ1v) is 10.1. The Balaban J connectivity index is 1.61. The lowest BCUT2D eigenvalue weighted by molar-refractivity contribution is 0.214. The van der Waals surface area contributed by atoms with Crippen molar-refractivity contribution in [2.45, 2.75) is 46.1 Å². The number of carbonyl (C=O) groups excluding carboxylic acids is 1. The van der Waals surface area contributed by atoms with Gasteiger partial charge in [-0.05, 0) is 37.5 Å². The number of hydrogen-bond donors (Lipinski definition) is 0. The SMILES string of the molecule is Cc1ccc2c(c1)N(C(=O)N1CCCC1)Cc1c(-c3noc(C(C)C)n3)ncn1-2. The van der Waals surface area contributed by atoms with Gasteiger partial charge in [-0.3, -0.25) is 9.47 Å². The smallest absolute Gasteiger partial charge is 0.324 e. The van der Waals surface area contributed by atoms with E-state index in [1.807, 2.05) is 41.2 Å². The molecular weight excluding hydrogens is 368 g/mol. The van der Waals surface area contributed by atoms with Crippen LogP contribution in [-0.2, 0) is 6.54 Å². The van der Waals surface area contributed by atoms with Crippen LogP contribution in [0, 0.1) is 6.92 Å². The molecule has 0 saturated carbocycles. The maximum Gasteiger partial charge on any atom is 0.324 e. The van der Waals surface area contributed by atoms with Crippen molar-refractivity contribution in [1.82, 2.24) is 24.6 Å². The van der Waals surface area contributed by atoms with E-state index in [9.17, 15) is 4.79 Å². The zero-order chi connectivity index (χ0) is 20.1. The van der Waals surface area contributed by atoms with Crippen LogP contribution in [0.15, 0.2) is 29.0 Å². The van der Waals surface area contributed by atoms with Gasteiger partial charge in [0.05, 0.1) is 23.6 Å². The molecule has 0 aliphatic carbocycles. The number of hydrogen-bond acceptors (Lipinski definition) is 5. The lowest BCUT2D eigenvalue weighted by Gasteiger charge is -2.33. The molecule has 0 bridgehead atoms. The summed E-state index contributed by atoms with van der Waals surface area (Å²) >= 11 is 0. The normalized spacial score (nSPS) is 15.7. The third kappa shape index (κ3) is 2.90. The fraction of sp³-hybridized carbons (Fsp3) is 0.429. The van der Waals surface area contributed by atoms with Crippen LogP contribution in [0.2, 0.25) is 0 Å². The van der Waals surface area contributed by atoms with E-state index in [-0.39, 0.29) is 11.9 Å². The van der Waals surface area contributed by atoms with Crippen molar-refractivity contribution < 1.29 is 9.32 Å². The van der Waals surface area contributed by atoms with E-state index in [0.717, 1.165) is 48.6 Å². The second kappa shape index (κ2) is 6.72. The van der Waals surface area contributed by atoms with Gasteiger partial charge in [-0.25, -0.2) is 9.78 Å². The van der Waals surface area contributed by atoms with Crippen molar-refractivity contribution in [2.75, 3.05) is 18.0 Å². The molecule has 150 valence electrons. The minimum absolute atomic E-state index is 0.0451. The van der Waals surface area contributed by atoms with Crippen molar-refractivity contribution in [3.8, 4) is 17.2 Å². The zero-order valence-corrected chi connectivity index (χ0v) is 16.9. The Labute approximate surface area is 169 Å². The molecule has 2 aromatic heterocycles. The zero-order valence-electron chi connectivity index (χ0n) is 16.9. The van der Waals surface area contributed by atoms with Crippen LogP contribution in [0.4, 0.5) is 10.5 Å². The molecule has 8 heteroatoms. The quantitative estimate of drug-likeness (QED) is 0.661. The highest BCUT2D eigenvalue weighted by atomic mass is 16.5. The van der Waals surface area contributed by atoms with E-state index in [2.05, 4.69) is 27.3 Å². The third-order valence-corrected chi connectivity index (χ3v) is 5.61. The Morgan fingerprint density at radius 2 is 1.97 bits per heavy atom. The number of likely N-dealkylation sites (tertiary alicyclic amines) is 1. The van der Waals surface area contributed by atoms with Crippen LogP contribution >= 0.6 is 0 Å². The molecule has 0 unspecified atom stereocenters. The number of rotatable bonds is 2. The number of aromatic nitrogens is 4. The molecule has 2 aliphatic rings. The summed E-state index contributed by atoms with van der Waals surface area (Å²) in [5, 5.41) is 4.13.